The summed E-state index contributed by atoms with van der Waals surface area (Å²) in [5.74, 6) is 0.942. The number of rotatable bonds is 21. The van der Waals surface area contributed by atoms with Crippen LogP contribution in [0.25, 0.3) is 0 Å². The van der Waals surface area contributed by atoms with Crippen molar-refractivity contribution in [2.24, 2.45) is 0 Å². The fourth-order valence-corrected chi connectivity index (χ4v) is 7.31. The third-order valence-electron chi connectivity index (χ3n) is 7.31. The van der Waals surface area contributed by atoms with Crippen molar-refractivity contribution in [3.8, 4) is 5.75 Å². The average molecular weight is 585 g/mol. The maximum Gasteiger partial charge on any atom is 0.297 e. The second-order valence-corrected chi connectivity index (χ2v) is 19.4. The van der Waals surface area contributed by atoms with E-state index in [2.05, 4.69) is 66.7 Å². The molecule has 222 valence electrons. The summed E-state index contributed by atoms with van der Waals surface area (Å²) in [6, 6.07) is 6.51. The van der Waals surface area contributed by atoms with Gasteiger partial charge in [0.1, 0.15) is 5.75 Å². The van der Waals surface area contributed by atoms with E-state index in [1.807, 2.05) is 6.26 Å². The van der Waals surface area contributed by atoms with E-state index in [0.717, 1.165) is 12.2 Å². The molecule has 0 radical (unpaired) electrons. The van der Waals surface area contributed by atoms with Crippen LogP contribution in [0.15, 0.2) is 18.2 Å². The van der Waals surface area contributed by atoms with Gasteiger partial charge in [-0.15, -0.1) is 0 Å². The van der Waals surface area contributed by atoms with Crippen molar-refractivity contribution in [3.63, 3.8) is 0 Å². The third-order valence-corrected chi connectivity index (χ3v) is 12.4. The van der Waals surface area contributed by atoms with Crippen molar-refractivity contribution in [1.82, 2.24) is 0 Å². The maximum absolute atomic E-state index is 6.66. The van der Waals surface area contributed by atoms with E-state index in [-0.39, 0.29) is 10.8 Å². The molecule has 0 aliphatic heterocycles. The molecule has 1 rings (SSSR count). The molecule has 0 saturated carbocycles. The standard InChI is InChI=1S/C33H61O2PS2/c1-9-10-11-12-13-14-15-16-17-18-19-20-21-22-23-24-28-34-36(37,38-8)35-31-29(32(2,3)4)26-25-27-30(31)33(5,6)7/h25-27H,9-24,28H2,1-8H3. The van der Waals surface area contributed by atoms with Crippen LogP contribution in [0.2, 0.25) is 0 Å². The molecule has 2 nitrogen and oxygen atoms in total. The highest BCUT2D eigenvalue weighted by Gasteiger charge is 2.30. The maximum atomic E-state index is 6.66. The summed E-state index contributed by atoms with van der Waals surface area (Å²) in [5.41, 5.74) is -0.0892. The zero-order valence-corrected chi connectivity index (χ0v) is 28.9. The van der Waals surface area contributed by atoms with Crippen molar-refractivity contribution >= 4 is 28.9 Å². The van der Waals surface area contributed by atoms with Crippen LogP contribution in [-0.2, 0) is 27.2 Å². The van der Waals surface area contributed by atoms with Gasteiger partial charge in [-0.2, -0.15) is 0 Å². The smallest absolute Gasteiger partial charge is 0.297 e. The van der Waals surface area contributed by atoms with E-state index in [9.17, 15) is 0 Å². The van der Waals surface area contributed by atoms with Crippen LogP contribution in [0.3, 0.4) is 0 Å². The first kappa shape index (κ1) is 36.0. The van der Waals surface area contributed by atoms with Crippen LogP contribution in [0, 0.1) is 0 Å². The van der Waals surface area contributed by atoms with Gasteiger partial charge in [0, 0.05) is 11.1 Å². The van der Waals surface area contributed by atoms with E-state index < -0.39 is 5.69 Å². The predicted octanol–water partition coefficient (Wildman–Crippen LogP) is 12.5. The van der Waals surface area contributed by atoms with E-state index in [1.54, 1.807) is 11.4 Å². The molecule has 0 spiro atoms. The quantitative estimate of drug-likeness (QED) is 0.106. The monoisotopic (exact) mass is 584 g/mol. The Morgan fingerprint density at radius 3 is 1.37 bits per heavy atom. The van der Waals surface area contributed by atoms with E-state index in [0.29, 0.717) is 6.61 Å². The van der Waals surface area contributed by atoms with Crippen LogP contribution in [-0.4, -0.2) is 12.9 Å². The van der Waals surface area contributed by atoms with Gasteiger partial charge in [0.25, 0.3) is 5.69 Å². The lowest BCUT2D eigenvalue weighted by Crippen LogP contribution is -2.19. The van der Waals surface area contributed by atoms with Crippen molar-refractivity contribution in [1.29, 1.82) is 0 Å². The largest absolute Gasteiger partial charge is 0.436 e. The minimum Gasteiger partial charge on any atom is -0.436 e. The summed E-state index contributed by atoms with van der Waals surface area (Å²) in [5, 5.41) is 0. The molecule has 1 aromatic carbocycles. The Labute approximate surface area is 247 Å². The highest BCUT2D eigenvalue weighted by molar-refractivity contribution is 8.67. The Morgan fingerprint density at radius 2 is 1.03 bits per heavy atom. The molecule has 0 bridgehead atoms. The second kappa shape index (κ2) is 19.2. The molecule has 1 atom stereocenters. The summed E-state index contributed by atoms with van der Waals surface area (Å²) in [4.78, 5) is 0. The first-order chi connectivity index (χ1) is 17.9. The van der Waals surface area contributed by atoms with Gasteiger partial charge in [0.05, 0.1) is 6.61 Å². The van der Waals surface area contributed by atoms with Gasteiger partial charge in [-0.25, -0.2) is 0 Å². The van der Waals surface area contributed by atoms with Gasteiger partial charge in [-0.05, 0) is 35.3 Å². The summed E-state index contributed by atoms with van der Waals surface area (Å²) in [6.45, 7) is 16.4. The van der Waals surface area contributed by atoms with Gasteiger partial charge in [0.2, 0.25) is 0 Å². The number of para-hydroxylation sites is 1. The van der Waals surface area contributed by atoms with Crippen molar-refractivity contribution in [2.75, 3.05) is 12.9 Å². The van der Waals surface area contributed by atoms with Crippen LogP contribution in [0.1, 0.15) is 162 Å². The van der Waals surface area contributed by atoms with E-state index >= 15 is 0 Å². The molecule has 1 aromatic rings. The van der Waals surface area contributed by atoms with Gasteiger partial charge in [-0.1, -0.05) is 174 Å². The normalized spacial score (nSPS) is 14.0. The Bertz CT molecular complexity index is 763. The molecule has 1 unspecified atom stereocenters. The first-order valence-corrected chi connectivity index (χ1v) is 20.1. The zero-order chi connectivity index (χ0) is 28.5. The van der Waals surface area contributed by atoms with Gasteiger partial charge in [0.15, 0.2) is 0 Å². The minimum atomic E-state index is -2.45. The van der Waals surface area contributed by atoms with Crippen LogP contribution >= 0.6 is 17.1 Å². The minimum absolute atomic E-state index is 0.0248. The number of unbranched alkanes of at least 4 members (excludes halogenated alkanes) is 15. The van der Waals surface area contributed by atoms with Crippen LogP contribution in [0.4, 0.5) is 0 Å². The Kier molecular flexibility index (Phi) is 18.2. The Morgan fingerprint density at radius 1 is 0.658 bits per heavy atom. The molecule has 0 amide bonds. The Hall–Kier alpha value is -0.0200. The van der Waals surface area contributed by atoms with Crippen LogP contribution in [0.5, 0.6) is 5.75 Å². The van der Waals surface area contributed by atoms with Gasteiger partial charge in [-0.3, -0.25) is 0 Å². The van der Waals surface area contributed by atoms with Crippen molar-refractivity contribution in [3.05, 3.63) is 29.3 Å². The lowest BCUT2D eigenvalue weighted by atomic mass is 9.80. The molecule has 0 heterocycles. The predicted molar refractivity (Wildman–Crippen MR) is 178 cm³/mol. The highest BCUT2D eigenvalue weighted by atomic mass is 32.9. The SMILES string of the molecule is CCCCCCCCCCCCCCCCCCOP(=S)(Oc1c(C(C)(C)C)cccc1C(C)(C)C)SC. The summed E-state index contributed by atoms with van der Waals surface area (Å²) >= 11 is 7.57. The fraction of sp³-hybridized carbons (Fsp3) is 0.818. The molecule has 0 aliphatic rings. The molecular weight excluding hydrogens is 523 g/mol. The van der Waals surface area contributed by atoms with Crippen LogP contribution < -0.4 is 4.52 Å². The lowest BCUT2D eigenvalue weighted by Gasteiger charge is -2.32. The molecule has 5 heteroatoms. The molecule has 0 aliphatic carbocycles. The zero-order valence-electron chi connectivity index (χ0n) is 26.3. The molecule has 0 saturated heterocycles. The molecular formula is C33H61O2PS2. The molecule has 38 heavy (non-hydrogen) atoms. The number of hydrogen-bond donors (Lipinski definition) is 0. The van der Waals surface area contributed by atoms with E-state index in [4.69, 9.17) is 20.9 Å². The van der Waals surface area contributed by atoms with E-state index in [1.165, 1.54) is 107 Å². The molecule has 0 fully saturated rings. The fourth-order valence-electron chi connectivity index (χ4n) is 4.87. The molecule has 0 N–H and O–H groups in total. The van der Waals surface area contributed by atoms with Gasteiger partial charge < -0.3 is 9.05 Å². The Balaban J connectivity index is 2.31. The van der Waals surface area contributed by atoms with Gasteiger partial charge >= 0.3 is 0 Å². The first-order valence-electron chi connectivity index (χ1n) is 15.6. The summed E-state index contributed by atoms with van der Waals surface area (Å²) in [7, 11) is 0. The molecule has 0 aromatic heterocycles. The third kappa shape index (κ3) is 15.1. The number of hydrogen-bond acceptors (Lipinski definition) is 4. The summed E-state index contributed by atoms with van der Waals surface area (Å²) < 4.78 is 13.0. The van der Waals surface area contributed by atoms with Crippen molar-refractivity contribution in [2.45, 2.75) is 162 Å². The number of benzene rings is 1. The van der Waals surface area contributed by atoms with Crippen molar-refractivity contribution < 1.29 is 9.05 Å². The second-order valence-electron chi connectivity index (χ2n) is 13.0. The topological polar surface area (TPSA) is 18.5 Å². The highest BCUT2D eigenvalue weighted by Crippen LogP contribution is 2.61. The average Bonchev–Trinajstić information content (AvgIpc) is 2.84. The summed E-state index contributed by atoms with van der Waals surface area (Å²) in [6.07, 6.45) is 24.0. The lowest BCUT2D eigenvalue weighted by molar-refractivity contribution is 0.308.